The average Bonchev–Trinajstić information content (AvgIpc) is 2.84. The molecule has 0 unspecified atom stereocenters. The fourth-order valence-corrected chi connectivity index (χ4v) is 3.24. The van der Waals surface area contributed by atoms with Crippen LogP contribution < -0.4 is 10.6 Å². The highest BCUT2D eigenvalue weighted by atomic mass is 127. The molecule has 0 saturated carbocycles. The maximum absolute atomic E-state index is 5.17. The van der Waals surface area contributed by atoms with E-state index in [9.17, 15) is 0 Å². The lowest BCUT2D eigenvalue weighted by atomic mass is 10.1. The number of hydrogen-bond donors (Lipinski definition) is 2. The summed E-state index contributed by atoms with van der Waals surface area (Å²) in [4.78, 5) is 7.26. The maximum Gasteiger partial charge on any atom is 0.191 e. The number of aliphatic imine (C=N–C) groups is 1. The Balaban J connectivity index is 0.00000338. The van der Waals surface area contributed by atoms with E-state index >= 15 is 0 Å². The van der Waals surface area contributed by atoms with E-state index in [0.717, 1.165) is 57.3 Å². The van der Waals surface area contributed by atoms with Crippen molar-refractivity contribution < 1.29 is 4.74 Å². The third-order valence-electron chi connectivity index (χ3n) is 4.94. The molecule has 2 N–H and O–H groups in total. The number of nitrogens with zero attached hydrogens (tertiary/aromatic N) is 4. The second kappa shape index (κ2) is 11.8. The van der Waals surface area contributed by atoms with E-state index in [2.05, 4.69) is 34.5 Å². The molecular weight excluding hydrogens is 443 g/mol. The third kappa shape index (κ3) is 6.70. The number of guanidine groups is 1. The molecule has 0 aromatic carbocycles. The molecule has 2 rings (SSSR count). The minimum Gasteiger partial charge on any atom is -0.383 e. The second-order valence-corrected chi connectivity index (χ2v) is 6.72. The Labute approximate surface area is 175 Å². The molecule has 7 nitrogen and oxygen atoms in total. The maximum atomic E-state index is 5.17. The van der Waals surface area contributed by atoms with Crippen LogP contribution in [0.4, 0.5) is 0 Å². The highest BCUT2D eigenvalue weighted by Crippen LogP contribution is 2.13. The number of nitrogens with one attached hydrogen (secondary N) is 2. The first-order valence-electron chi connectivity index (χ1n) is 9.30. The van der Waals surface area contributed by atoms with Gasteiger partial charge < -0.3 is 20.3 Å². The molecule has 26 heavy (non-hydrogen) atoms. The Morgan fingerprint density at radius 2 is 2.00 bits per heavy atom. The van der Waals surface area contributed by atoms with E-state index in [1.54, 1.807) is 7.11 Å². The van der Waals surface area contributed by atoms with Gasteiger partial charge in [0, 0.05) is 57.6 Å². The Morgan fingerprint density at radius 1 is 1.31 bits per heavy atom. The molecule has 1 fully saturated rings. The largest absolute Gasteiger partial charge is 0.383 e. The Hall–Kier alpha value is -0.870. The van der Waals surface area contributed by atoms with E-state index in [1.165, 1.54) is 11.3 Å². The highest BCUT2D eigenvalue weighted by Gasteiger charge is 2.19. The van der Waals surface area contributed by atoms with E-state index < -0.39 is 0 Å². The molecule has 1 aliphatic heterocycles. The van der Waals surface area contributed by atoms with Gasteiger partial charge in [0.25, 0.3) is 0 Å². The first-order valence-corrected chi connectivity index (χ1v) is 9.30. The number of hydrogen-bond acceptors (Lipinski definition) is 4. The number of likely N-dealkylation sites (tertiary alicyclic amines) is 1. The minimum atomic E-state index is 0. The summed E-state index contributed by atoms with van der Waals surface area (Å²) >= 11 is 0. The molecule has 0 radical (unpaired) electrons. The highest BCUT2D eigenvalue weighted by molar-refractivity contribution is 14.0. The number of aryl methyl sites for hydroxylation is 2. The standard InChI is InChI=1S/C18H34N6O.HI/c1-6-19-18(20-13-17-14(2)22-23(4)15(17)3)21-16-7-9-24(10-8-16)11-12-25-5;/h16H,6-13H2,1-5H3,(H2,19,20,21);1H. The van der Waals surface area contributed by atoms with Crippen molar-refractivity contribution in [2.45, 2.75) is 46.2 Å². The fourth-order valence-electron chi connectivity index (χ4n) is 3.24. The van der Waals surface area contributed by atoms with Gasteiger partial charge in [-0.3, -0.25) is 4.68 Å². The predicted molar refractivity (Wildman–Crippen MR) is 117 cm³/mol. The summed E-state index contributed by atoms with van der Waals surface area (Å²) < 4.78 is 7.10. The summed E-state index contributed by atoms with van der Waals surface area (Å²) in [6.45, 7) is 11.8. The lowest BCUT2D eigenvalue weighted by Crippen LogP contribution is -2.49. The van der Waals surface area contributed by atoms with Crippen molar-refractivity contribution >= 4 is 29.9 Å². The van der Waals surface area contributed by atoms with Crippen LogP contribution in [0.15, 0.2) is 4.99 Å². The van der Waals surface area contributed by atoms with Crippen LogP contribution in [0.2, 0.25) is 0 Å². The van der Waals surface area contributed by atoms with Gasteiger partial charge in [-0.2, -0.15) is 5.10 Å². The van der Waals surface area contributed by atoms with Crippen molar-refractivity contribution in [1.82, 2.24) is 25.3 Å². The van der Waals surface area contributed by atoms with Crippen LogP contribution in [0, 0.1) is 13.8 Å². The van der Waals surface area contributed by atoms with Crippen molar-refractivity contribution in [3.8, 4) is 0 Å². The topological polar surface area (TPSA) is 66.7 Å². The number of methoxy groups -OCH3 is 1. The molecule has 1 aromatic heterocycles. The van der Waals surface area contributed by atoms with Crippen LogP contribution >= 0.6 is 24.0 Å². The number of halogens is 1. The first kappa shape index (κ1) is 23.2. The predicted octanol–water partition coefficient (Wildman–Crippen LogP) is 1.82. The first-order chi connectivity index (χ1) is 12.0. The van der Waals surface area contributed by atoms with E-state index in [1.807, 2.05) is 18.7 Å². The molecule has 1 aromatic rings. The van der Waals surface area contributed by atoms with E-state index in [0.29, 0.717) is 12.6 Å². The molecule has 8 heteroatoms. The van der Waals surface area contributed by atoms with Gasteiger partial charge in [0.15, 0.2) is 5.96 Å². The monoisotopic (exact) mass is 478 g/mol. The van der Waals surface area contributed by atoms with Crippen molar-refractivity contribution in [3.05, 3.63) is 17.0 Å². The van der Waals surface area contributed by atoms with Crippen LogP contribution in [-0.2, 0) is 18.3 Å². The molecule has 1 saturated heterocycles. The molecule has 2 heterocycles. The number of aromatic nitrogens is 2. The van der Waals surface area contributed by atoms with Gasteiger partial charge >= 0.3 is 0 Å². The lowest BCUT2D eigenvalue weighted by molar-refractivity contribution is 0.128. The van der Waals surface area contributed by atoms with Gasteiger partial charge in [-0.15, -0.1) is 24.0 Å². The van der Waals surface area contributed by atoms with Gasteiger partial charge in [0.2, 0.25) is 0 Å². The van der Waals surface area contributed by atoms with Crippen LogP contribution in [-0.4, -0.2) is 66.6 Å². The summed E-state index contributed by atoms with van der Waals surface area (Å²) in [6, 6.07) is 0.479. The smallest absolute Gasteiger partial charge is 0.191 e. The average molecular weight is 478 g/mol. The van der Waals surface area contributed by atoms with Crippen molar-refractivity contribution in [3.63, 3.8) is 0 Å². The summed E-state index contributed by atoms with van der Waals surface area (Å²) in [5.74, 6) is 0.903. The molecule has 0 atom stereocenters. The second-order valence-electron chi connectivity index (χ2n) is 6.72. The Morgan fingerprint density at radius 3 is 2.54 bits per heavy atom. The molecule has 0 spiro atoms. The van der Waals surface area contributed by atoms with Crippen molar-refractivity contribution in [2.24, 2.45) is 12.0 Å². The van der Waals surface area contributed by atoms with E-state index in [-0.39, 0.29) is 24.0 Å². The SMILES string of the molecule is CCNC(=NCc1c(C)nn(C)c1C)NC1CCN(CCOC)CC1.I. The number of piperidine rings is 1. The summed E-state index contributed by atoms with van der Waals surface area (Å²) in [5, 5.41) is 11.4. The molecular formula is C18H35IN6O. The van der Waals surface area contributed by atoms with Crippen LogP contribution in [0.3, 0.4) is 0 Å². The number of ether oxygens (including phenoxy) is 1. The lowest BCUT2D eigenvalue weighted by Gasteiger charge is -2.32. The molecule has 1 aliphatic rings. The molecule has 0 amide bonds. The molecule has 0 bridgehead atoms. The normalized spacial score (nSPS) is 16.4. The summed E-state index contributed by atoms with van der Waals surface area (Å²) in [7, 11) is 3.75. The minimum absolute atomic E-state index is 0. The molecule has 150 valence electrons. The zero-order valence-corrected chi connectivity index (χ0v) is 19.2. The van der Waals surface area contributed by atoms with E-state index in [4.69, 9.17) is 9.73 Å². The fraction of sp³-hybridized carbons (Fsp3) is 0.778. The zero-order valence-electron chi connectivity index (χ0n) is 16.8. The third-order valence-corrected chi connectivity index (χ3v) is 4.94. The zero-order chi connectivity index (χ0) is 18.2. The van der Waals surface area contributed by atoms with Gasteiger partial charge in [0.05, 0.1) is 18.8 Å². The summed E-state index contributed by atoms with van der Waals surface area (Å²) in [6.07, 6.45) is 2.28. The number of rotatable bonds is 7. The van der Waals surface area contributed by atoms with Gasteiger partial charge in [-0.1, -0.05) is 0 Å². The van der Waals surface area contributed by atoms with Gasteiger partial charge in [-0.05, 0) is 33.6 Å². The van der Waals surface area contributed by atoms with Gasteiger partial charge in [0.1, 0.15) is 0 Å². The van der Waals surface area contributed by atoms with Crippen LogP contribution in [0.25, 0.3) is 0 Å². The Kier molecular flexibility index (Phi) is 10.5. The Bertz CT molecular complexity index is 566. The quantitative estimate of drug-likeness (QED) is 0.356. The van der Waals surface area contributed by atoms with Crippen LogP contribution in [0.1, 0.15) is 36.7 Å². The van der Waals surface area contributed by atoms with Crippen LogP contribution in [0.5, 0.6) is 0 Å². The van der Waals surface area contributed by atoms with Crippen molar-refractivity contribution in [1.29, 1.82) is 0 Å². The molecule has 0 aliphatic carbocycles. The summed E-state index contributed by atoms with van der Waals surface area (Å²) in [5.41, 5.74) is 3.46. The van der Waals surface area contributed by atoms with Crippen molar-refractivity contribution in [2.75, 3.05) is 39.9 Å². The van der Waals surface area contributed by atoms with Gasteiger partial charge in [-0.25, -0.2) is 4.99 Å².